The number of hydrogen-bond acceptors (Lipinski definition) is 4. The third kappa shape index (κ3) is 3.37. The van der Waals surface area contributed by atoms with Crippen molar-refractivity contribution >= 4 is 11.9 Å². The monoisotopic (exact) mass is 174 g/mol. The van der Waals surface area contributed by atoms with E-state index in [4.69, 9.17) is 4.74 Å². The molecule has 0 saturated carbocycles. The molecule has 0 aromatic heterocycles. The molecular weight excluding hydrogens is 160 g/mol. The Morgan fingerprint density at radius 3 is 1.92 bits per heavy atom. The molecule has 0 fully saturated rings. The van der Waals surface area contributed by atoms with Crippen LogP contribution in [0.4, 0.5) is 0 Å². The Balaban J connectivity index is 3.92. The van der Waals surface area contributed by atoms with Gasteiger partial charge in [0.2, 0.25) is 0 Å². The highest BCUT2D eigenvalue weighted by atomic mass is 16.6. The largest absolute Gasteiger partial charge is 0.466 e. The normalized spacial score (nSPS) is 12.4. The van der Waals surface area contributed by atoms with E-state index < -0.39 is 18.0 Å². The average molecular weight is 174 g/mol. The first-order valence-corrected chi connectivity index (χ1v) is 3.77. The fourth-order valence-electron chi connectivity index (χ4n) is 0.524. The average Bonchev–Trinajstić information content (AvgIpc) is 2.02. The second-order valence-corrected chi connectivity index (χ2v) is 2.76. The Labute approximate surface area is 71.8 Å². The highest BCUT2D eigenvalue weighted by Gasteiger charge is 2.19. The summed E-state index contributed by atoms with van der Waals surface area (Å²) in [6, 6.07) is 0. The van der Waals surface area contributed by atoms with Gasteiger partial charge in [0.05, 0.1) is 13.0 Å². The van der Waals surface area contributed by atoms with Crippen LogP contribution in [0.25, 0.3) is 0 Å². The summed E-state index contributed by atoms with van der Waals surface area (Å²) in [5.41, 5.74) is 0. The fourth-order valence-corrected chi connectivity index (χ4v) is 0.524. The molecule has 0 aliphatic carbocycles. The van der Waals surface area contributed by atoms with E-state index in [0.717, 1.165) is 0 Å². The summed E-state index contributed by atoms with van der Waals surface area (Å²) in [5.74, 6) is -1.16. The molecule has 0 radical (unpaired) electrons. The van der Waals surface area contributed by atoms with Crippen LogP contribution in [0, 0.1) is 5.92 Å². The predicted molar refractivity (Wildman–Crippen MR) is 42.4 cm³/mol. The van der Waals surface area contributed by atoms with E-state index >= 15 is 0 Å². The second kappa shape index (κ2) is 4.74. The van der Waals surface area contributed by atoms with Gasteiger partial charge in [0.25, 0.3) is 0 Å². The maximum absolute atomic E-state index is 10.9. The van der Waals surface area contributed by atoms with Crippen molar-refractivity contribution < 1.29 is 19.1 Å². The molecule has 1 atom stereocenters. The summed E-state index contributed by atoms with van der Waals surface area (Å²) < 4.78 is 9.13. The molecule has 0 aliphatic rings. The summed E-state index contributed by atoms with van der Waals surface area (Å²) >= 11 is 0. The van der Waals surface area contributed by atoms with Crippen molar-refractivity contribution in [3.8, 4) is 0 Å². The van der Waals surface area contributed by atoms with Crippen molar-refractivity contribution in [2.75, 3.05) is 7.11 Å². The molecule has 70 valence electrons. The van der Waals surface area contributed by atoms with Gasteiger partial charge in [-0.2, -0.15) is 0 Å². The van der Waals surface area contributed by atoms with Gasteiger partial charge in [0, 0.05) is 0 Å². The lowest BCUT2D eigenvalue weighted by Crippen LogP contribution is -2.27. The zero-order valence-electron chi connectivity index (χ0n) is 7.79. The molecule has 0 N–H and O–H groups in total. The lowest BCUT2D eigenvalue weighted by molar-refractivity contribution is -0.166. The van der Waals surface area contributed by atoms with E-state index in [2.05, 4.69) is 4.74 Å². The van der Waals surface area contributed by atoms with Gasteiger partial charge in [-0.15, -0.1) is 0 Å². The second-order valence-electron chi connectivity index (χ2n) is 2.76. The molecule has 0 saturated heterocycles. The lowest BCUT2D eigenvalue weighted by Gasteiger charge is -2.12. The van der Waals surface area contributed by atoms with Crippen molar-refractivity contribution in [2.45, 2.75) is 26.9 Å². The molecular formula is C8H14O4. The van der Waals surface area contributed by atoms with Crippen LogP contribution >= 0.6 is 0 Å². The van der Waals surface area contributed by atoms with E-state index in [1.807, 2.05) is 0 Å². The molecule has 0 heterocycles. The van der Waals surface area contributed by atoms with Gasteiger partial charge in [-0.05, 0) is 6.92 Å². The predicted octanol–water partition coefficient (Wildman–Crippen LogP) is 0.747. The zero-order chi connectivity index (χ0) is 9.72. The SMILES string of the molecule is COC(=O)C(C)OC(=O)C(C)C. The summed E-state index contributed by atoms with van der Waals surface area (Å²) in [4.78, 5) is 21.7. The Kier molecular flexibility index (Phi) is 4.33. The molecule has 0 spiro atoms. The molecule has 0 amide bonds. The van der Waals surface area contributed by atoms with Crippen molar-refractivity contribution in [3.63, 3.8) is 0 Å². The topological polar surface area (TPSA) is 52.6 Å². The summed E-state index contributed by atoms with van der Waals surface area (Å²) in [6.07, 6.45) is -0.815. The third-order valence-electron chi connectivity index (χ3n) is 1.30. The van der Waals surface area contributed by atoms with E-state index in [1.165, 1.54) is 14.0 Å². The van der Waals surface area contributed by atoms with E-state index in [1.54, 1.807) is 13.8 Å². The van der Waals surface area contributed by atoms with E-state index in [-0.39, 0.29) is 5.92 Å². The van der Waals surface area contributed by atoms with Gasteiger partial charge in [0.15, 0.2) is 6.10 Å². The number of esters is 2. The Morgan fingerprint density at radius 1 is 1.08 bits per heavy atom. The minimum Gasteiger partial charge on any atom is -0.466 e. The van der Waals surface area contributed by atoms with Crippen LogP contribution in [0.5, 0.6) is 0 Å². The van der Waals surface area contributed by atoms with Gasteiger partial charge in [0.1, 0.15) is 0 Å². The molecule has 1 unspecified atom stereocenters. The third-order valence-corrected chi connectivity index (χ3v) is 1.30. The van der Waals surface area contributed by atoms with Gasteiger partial charge < -0.3 is 9.47 Å². The van der Waals surface area contributed by atoms with Crippen LogP contribution < -0.4 is 0 Å². The van der Waals surface area contributed by atoms with Crippen molar-refractivity contribution in [1.29, 1.82) is 0 Å². The number of ether oxygens (including phenoxy) is 2. The molecule has 0 rings (SSSR count). The van der Waals surface area contributed by atoms with E-state index in [9.17, 15) is 9.59 Å². The van der Waals surface area contributed by atoms with Crippen LogP contribution in [-0.4, -0.2) is 25.2 Å². The van der Waals surface area contributed by atoms with Crippen LogP contribution in [-0.2, 0) is 19.1 Å². The smallest absolute Gasteiger partial charge is 0.346 e. The van der Waals surface area contributed by atoms with Crippen molar-refractivity contribution in [2.24, 2.45) is 5.92 Å². The molecule has 0 aliphatic heterocycles. The molecule has 0 aromatic rings. The number of carbonyl (C=O) groups is 2. The highest BCUT2D eigenvalue weighted by molar-refractivity contribution is 5.79. The number of hydrogen-bond donors (Lipinski definition) is 0. The maximum Gasteiger partial charge on any atom is 0.346 e. The van der Waals surface area contributed by atoms with Gasteiger partial charge >= 0.3 is 11.9 Å². The molecule has 0 aromatic carbocycles. The lowest BCUT2D eigenvalue weighted by atomic mass is 10.2. The maximum atomic E-state index is 10.9. The van der Waals surface area contributed by atoms with Crippen LogP contribution in [0.1, 0.15) is 20.8 Å². The standard InChI is InChI=1S/C8H14O4/c1-5(2)7(9)12-6(3)8(10)11-4/h5-6H,1-4H3. The highest BCUT2D eigenvalue weighted by Crippen LogP contribution is 2.01. The number of rotatable bonds is 3. The fraction of sp³-hybridized carbons (Fsp3) is 0.750. The Morgan fingerprint density at radius 2 is 1.58 bits per heavy atom. The van der Waals surface area contributed by atoms with Crippen molar-refractivity contribution in [1.82, 2.24) is 0 Å². The van der Waals surface area contributed by atoms with Crippen molar-refractivity contribution in [3.05, 3.63) is 0 Å². The minimum atomic E-state index is -0.815. The Hall–Kier alpha value is -1.06. The summed E-state index contributed by atoms with van der Waals surface area (Å²) in [5, 5.41) is 0. The van der Waals surface area contributed by atoms with Gasteiger partial charge in [-0.25, -0.2) is 4.79 Å². The summed E-state index contributed by atoms with van der Waals surface area (Å²) in [7, 11) is 1.25. The van der Waals surface area contributed by atoms with Crippen LogP contribution in [0.2, 0.25) is 0 Å². The Bertz CT molecular complexity index is 174. The first-order valence-electron chi connectivity index (χ1n) is 3.77. The minimum absolute atomic E-state index is 0.225. The first-order chi connectivity index (χ1) is 5.49. The molecule has 12 heavy (non-hydrogen) atoms. The van der Waals surface area contributed by atoms with E-state index in [0.29, 0.717) is 0 Å². The molecule has 4 nitrogen and oxygen atoms in total. The van der Waals surface area contributed by atoms with Crippen LogP contribution in [0.3, 0.4) is 0 Å². The molecule has 0 bridgehead atoms. The quantitative estimate of drug-likeness (QED) is 0.592. The first kappa shape index (κ1) is 10.9. The molecule has 4 heteroatoms. The summed E-state index contributed by atoms with van der Waals surface area (Å²) in [6.45, 7) is 4.88. The van der Waals surface area contributed by atoms with Crippen LogP contribution in [0.15, 0.2) is 0 Å². The number of methoxy groups -OCH3 is 1. The van der Waals surface area contributed by atoms with Gasteiger partial charge in [-0.1, -0.05) is 13.8 Å². The number of carbonyl (C=O) groups excluding carboxylic acids is 2. The van der Waals surface area contributed by atoms with Gasteiger partial charge in [-0.3, -0.25) is 4.79 Å². The zero-order valence-corrected chi connectivity index (χ0v) is 7.79.